The van der Waals surface area contributed by atoms with Crippen LogP contribution in [0, 0.1) is 27.7 Å². The fraction of sp³-hybridized carbons (Fsp3) is 0.0784. The molecule has 0 bridgehead atoms. The summed E-state index contributed by atoms with van der Waals surface area (Å²) >= 11 is 0. The van der Waals surface area contributed by atoms with E-state index in [2.05, 4.69) is 148 Å². The summed E-state index contributed by atoms with van der Waals surface area (Å²) in [5.74, 6) is 0.544. The molecule has 0 aliphatic carbocycles. The van der Waals surface area contributed by atoms with E-state index in [1.807, 2.05) is 49.1 Å². The maximum Gasteiger partial charge on any atom is 0.229 e. The van der Waals surface area contributed by atoms with Crippen molar-refractivity contribution in [2.75, 3.05) is 0 Å². The lowest BCUT2D eigenvalue weighted by Crippen LogP contribution is -2.07. The minimum atomic E-state index is 0.544. The van der Waals surface area contributed by atoms with Crippen LogP contribution in [0.15, 0.2) is 151 Å². The number of oxazole rings is 1. The molecule has 0 unspecified atom stereocenters. The highest BCUT2D eigenvalue weighted by Gasteiger charge is 2.26. The maximum absolute atomic E-state index is 6.73. The van der Waals surface area contributed by atoms with E-state index in [4.69, 9.17) is 9.40 Å². The summed E-state index contributed by atoms with van der Waals surface area (Å²) in [5.41, 5.74) is 16.8. The molecule has 12 rings (SSSR count). The number of hydrogen-bond donors (Lipinski definition) is 0. The molecule has 0 atom stereocenters. The Balaban J connectivity index is 1.32. The quantitative estimate of drug-likeness (QED) is 0.180. The molecule has 7 heteroatoms. The number of aromatic nitrogens is 6. The first-order valence-corrected chi connectivity index (χ1v) is 19.7. The minimum Gasteiger partial charge on any atom is -0.436 e. The largest absolute Gasteiger partial charge is 0.436 e. The third-order valence-electron chi connectivity index (χ3n) is 11.9. The lowest BCUT2D eigenvalue weighted by Gasteiger charge is -2.21. The number of nitrogens with zero attached hydrogens (tertiary/aromatic N) is 6. The number of pyridine rings is 2. The van der Waals surface area contributed by atoms with Gasteiger partial charge in [-0.05, 0) is 113 Å². The van der Waals surface area contributed by atoms with Crippen LogP contribution in [0.1, 0.15) is 22.3 Å². The summed E-state index contributed by atoms with van der Waals surface area (Å²) in [5, 5.41) is 6.92. The van der Waals surface area contributed by atoms with Crippen LogP contribution < -0.4 is 0 Å². The summed E-state index contributed by atoms with van der Waals surface area (Å²) < 4.78 is 13.9. The first-order chi connectivity index (χ1) is 28.4. The molecule has 6 aromatic carbocycles. The van der Waals surface area contributed by atoms with Crippen molar-refractivity contribution in [2.24, 2.45) is 0 Å². The second-order valence-corrected chi connectivity index (χ2v) is 15.7. The first kappa shape index (κ1) is 32.7. The number of para-hydroxylation sites is 2. The summed E-state index contributed by atoms with van der Waals surface area (Å²) in [6.45, 7) is 8.68. The molecule has 6 aromatic heterocycles. The van der Waals surface area contributed by atoms with Gasteiger partial charge in [0.05, 0.1) is 55.7 Å². The lowest BCUT2D eigenvalue weighted by atomic mass is 10.1. The van der Waals surface area contributed by atoms with E-state index in [1.54, 1.807) is 0 Å². The molecular weight excluding hydrogens is 713 g/mol. The molecule has 0 spiro atoms. The number of aryl methyl sites for hydroxylation is 4. The van der Waals surface area contributed by atoms with Gasteiger partial charge in [-0.3, -0.25) is 9.97 Å². The van der Waals surface area contributed by atoms with Gasteiger partial charge in [0, 0.05) is 57.1 Å². The SMILES string of the molecule is Cc1ccc2c(c1)c1cc(C)ccc1n2-c1cc(-c2nc3ccccc3o2)c(-n2c3ccncc3c3cnccc32)cc1-n1c2ccc(C)cc2c2cc(C)ccc21. The molecule has 0 saturated heterocycles. The molecule has 0 aliphatic rings. The van der Waals surface area contributed by atoms with Crippen molar-refractivity contribution >= 4 is 76.5 Å². The van der Waals surface area contributed by atoms with Gasteiger partial charge in [0.1, 0.15) is 5.52 Å². The van der Waals surface area contributed by atoms with Gasteiger partial charge in [0.25, 0.3) is 0 Å². The van der Waals surface area contributed by atoms with Gasteiger partial charge >= 0.3 is 0 Å². The predicted octanol–water partition coefficient (Wildman–Crippen LogP) is 12.8. The Hall–Kier alpha value is -7.51. The molecular formula is C51H36N6O. The predicted molar refractivity (Wildman–Crippen MR) is 237 cm³/mol. The van der Waals surface area contributed by atoms with Crippen molar-refractivity contribution in [2.45, 2.75) is 27.7 Å². The molecule has 12 aromatic rings. The van der Waals surface area contributed by atoms with Crippen molar-refractivity contribution in [1.29, 1.82) is 0 Å². The highest BCUT2D eigenvalue weighted by molar-refractivity contribution is 6.13. The van der Waals surface area contributed by atoms with Gasteiger partial charge in [-0.15, -0.1) is 0 Å². The Labute approximate surface area is 333 Å². The molecule has 0 aliphatic heterocycles. The fourth-order valence-electron chi connectivity index (χ4n) is 9.26. The van der Waals surface area contributed by atoms with E-state index in [-0.39, 0.29) is 0 Å². The van der Waals surface area contributed by atoms with Crippen LogP contribution in [0.4, 0.5) is 0 Å². The van der Waals surface area contributed by atoms with Crippen molar-refractivity contribution in [3.63, 3.8) is 0 Å². The molecule has 0 amide bonds. The van der Waals surface area contributed by atoms with Gasteiger partial charge < -0.3 is 18.1 Å². The molecule has 58 heavy (non-hydrogen) atoms. The molecule has 0 fully saturated rings. The van der Waals surface area contributed by atoms with Crippen molar-refractivity contribution in [3.8, 4) is 28.5 Å². The van der Waals surface area contributed by atoms with E-state index in [9.17, 15) is 0 Å². The Kier molecular flexibility index (Phi) is 6.76. The zero-order valence-corrected chi connectivity index (χ0v) is 32.4. The minimum absolute atomic E-state index is 0.544. The van der Waals surface area contributed by atoms with E-state index >= 15 is 0 Å². The van der Waals surface area contributed by atoms with Gasteiger partial charge in [0.15, 0.2) is 5.58 Å². The summed E-state index contributed by atoms with van der Waals surface area (Å²) in [6.07, 6.45) is 7.59. The standard InChI is InChI=1S/C51H36N6O/c1-29-9-13-41-33(21-29)34-22-30(2)10-14-42(34)56(41)48-25-37(51-54-40-7-5-6-8-50(40)58-51)47(55-45-17-19-52-27-38(45)39-28-53-20-18-46(39)55)26-49(48)57-43-15-11-31(3)23-35(43)36-24-32(4)12-16-44(36)57/h5-28H,1-4H3. The first-order valence-electron chi connectivity index (χ1n) is 19.7. The normalized spacial score (nSPS) is 12.1. The Morgan fingerprint density at radius 2 is 0.845 bits per heavy atom. The smallest absolute Gasteiger partial charge is 0.229 e. The van der Waals surface area contributed by atoms with Crippen LogP contribution in [-0.4, -0.2) is 28.7 Å². The molecule has 276 valence electrons. The van der Waals surface area contributed by atoms with E-state index in [1.165, 1.54) is 43.8 Å². The van der Waals surface area contributed by atoms with Crippen LogP contribution in [0.2, 0.25) is 0 Å². The average molecular weight is 749 g/mol. The summed E-state index contributed by atoms with van der Waals surface area (Å²) in [7, 11) is 0. The number of hydrogen-bond acceptors (Lipinski definition) is 4. The van der Waals surface area contributed by atoms with E-state index in [0.29, 0.717) is 5.89 Å². The molecule has 0 N–H and O–H groups in total. The zero-order chi connectivity index (χ0) is 38.8. The Morgan fingerprint density at radius 1 is 0.414 bits per heavy atom. The highest BCUT2D eigenvalue weighted by atomic mass is 16.3. The maximum atomic E-state index is 6.73. The van der Waals surface area contributed by atoms with Crippen molar-refractivity contribution < 1.29 is 4.42 Å². The van der Waals surface area contributed by atoms with Crippen LogP contribution in [0.3, 0.4) is 0 Å². The third-order valence-corrected chi connectivity index (χ3v) is 11.9. The topological polar surface area (TPSA) is 66.6 Å². The van der Waals surface area contributed by atoms with Gasteiger partial charge in [-0.25, -0.2) is 4.98 Å². The monoisotopic (exact) mass is 748 g/mol. The van der Waals surface area contributed by atoms with Crippen molar-refractivity contribution in [1.82, 2.24) is 28.7 Å². The molecule has 7 nitrogen and oxygen atoms in total. The second-order valence-electron chi connectivity index (χ2n) is 15.7. The summed E-state index contributed by atoms with van der Waals surface area (Å²) in [4.78, 5) is 14.3. The molecule has 0 radical (unpaired) electrons. The Bertz CT molecular complexity index is 3480. The third kappa shape index (κ3) is 4.64. The van der Waals surface area contributed by atoms with Crippen LogP contribution in [0.25, 0.3) is 105 Å². The average Bonchev–Trinajstić information content (AvgIpc) is 3.98. The van der Waals surface area contributed by atoms with Gasteiger partial charge in [-0.2, -0.15) is 0 Å². The van der Waals surface area contributed by atoms with Crippen LogP contribution in [0.5, 0.6) is 0 Å². The van der Waals surface area contributed by atoms with Gasteiger partial charge in [0.2, 0.25) is 5.89 Å². The van der Waals surface area contributed by atoms with Crippen LogP contribution in [-0.2, 0) is 0 Å². The Morgan fingerprint density at radius 3 is 1.33 bits per heavy atom. The highest BCUT2D eigenvalue weighted by Crippen LogP contribution is 2.44. The van der Waals surface area contributed by atoms with Crippen LogP contribution >= 0.6 is 0 Å². The van der Waals surface area contributed by atoms with Crippen molar-refractivity contribution in [3.05, 3.63) is 168 Å². The number of benzene rings is 6. The number of rotatable bonds is 4. The second kappa shape index (κ2) is 12.0. The zero-order valence-electron chi connectivity index (χ0n) is 32.4. The summed E-state index contributed by atoms with van der Waals surface area (Å²) in [6, 6.07) is 44.0. The lowest BCUT2D eigenvalue weighted by molar-refractivity contribution is 0.619. The van der Waals surface area contributed by atoms with E-state index < -0.39 is 0 Å². The van der Waals surface area contributed by atoms with Gasteiger partial charge in [-0.1, -0.05) is 58.7 Å². The number of fused-ring (bicyclic) bond motifs is 10. The molecule has 6 heterocycles. The molecule has 0 saturated carbocycles. The fourth-order valence-corrected chi connectivity index (χ4v) is 9.26. The van der Waals surface area contributed by atoms with E-state index in [0.717, 1.165) is 77.6 Å².